The molecule has 0 unspecified atom stereocenters. The summed E-state index contributed by atoms with van der Waals surface area (Å²) in [5.74, 6) is 1.73. The van der Waals surface area contributed by atoms with E-state index in [1.165, 1.54) is 0 Å². The fourth-order valence-corrected chi connectivity index (χ4v) is 4.26. The number of aromatic amines is 1. The van der Waals surface area contributed by atoms with E-state index >= 15 is 0 Å². The summed E-state index contributed by atoms with van der Waals surface area (Å²) in [6.45, 7) is 2.34. The smallest absolute Gasteiger partial charge is 0.258 e. The highest BCUT2D eigenvalue weighted by Crippen LogP contribution is 2.32. The van der Waals surface area contributed by atoms with Crippen molar-refractivity contribution in [1.82, 2.24) is 25.2 Å². The van der Waals surface area contributed by atoms with E-state index in [1.807, 2.05) is 12.1 Å². The minimum atomic E-state index is -0.227. The maximum atomic E-state index is 12.0. The van der Waals surface area contributed by atoms with E-state index in [2.05, 4.69) is 32.5 Å². The Morgan fingerprint density at radius 1 is 1.26 bits per heavy atom. The van der Waals surface area contributed by atoms with Gasteiger partial charge in [0, 0.05) is 11.6 Å². The SMILES string of the molecule is CN1CCC(Nc2c(Cl)cnc3[nH]c(-c4ccc(OCC(=O)NCc5ccco5)cc4)nc23)CC1. The molecule has 3 aromatic heterocycles. The van der Waals surface area contributed by atoms with Crippen molar-refractivity contribution in [3.05, 3.63) is 59.6 Å². The Hall–Kier alpha value is -3.56. The highest BCUT2D eigenvalue weighted by atomic mass is 35.5. The molecule has 0 spiro atoms. The fourth-order valence-electron chi connectivity index (χ4n) is 4.07. The first-order valence-electron chi connectivity index (χ1n) is 11.6. The summed E-state index contributed by atoms with van der Waals surface area (Å²) in [4.78, 5) is 26.8. The van der Waals surface area contributed by atoms with Crippen LogP contribution in [0.4, 0.5) is 5.69 Å². The number of hydrogen-bond donors (Lipinski definition) is 3. The number of fused-ring (bicyclic) bond motifs is 1. The van der Waals surface area contributed by atoms with Gasteiger partial charge >= 0.3 is 0 Å². The summed E-state index contributed by atoms with van der Waals surface area (Å²) in [5.41, 5.74) is 3.08. The molecule has 35 heavy (non-hydrogen) atoms. The summed E-state index contributed by atoms with van der Waals surface area (Å²) in [5, 5.41) is 6.90. The number of likely N-dealkylation sites (tertiary alicyclic amines) is 1. The topological polar surface area (TPSA) is 108 Å². The van der Waals surface area contributed by atoms with Gasteiger partial charge in [-0.05, 0) is 69.4 Å². The molecule has 1 aromatic carbocycles. The molecule has 4 heterocycles. The molecule has 1 saturated heterocycles. The molecule has 182 valence electrons. The molecule has 0 radical (unpaired) electrons. The molecule has 3 N–H and O–H groups in total. The van der Waals surface area contributed by atoms with Crippen molar-refractivity contribution in [3.63, 3.8) is 0 Å². The molecule has 1 amide bonds. The number of carbonyl (C=O) groups is 1. The van der Waals surface area contributed by atoms with Crippen LogP contribution in [0.15, 0.2) is 53.3 Å². The van der Waals surface area contributed by atoms with Crippen molar-refractivity contribution in [2.45, 2.75) is 25.4 Å². The van der Waals surface area contributed by atoms with Gasteiger partial charge in [-0.1, -0.05) is 11.6 Å². The molecule has 1 aliphatic heterocycles. The van der Waals surface area contributed by atoms with Crippen LogP contribution in [-0.2, 0) is 11.3 Å². The zero-order chi connectivity index (χ0) is 24.2. The number of piperidine rings is 1. The zero-order valence-electron chi connectivity index (χ0n) is 19.4. The van der Waals surface area contributed by atoms with Gasteiger partial charge in [-0.3, -0.25) is 4.79 Å². The van der Waals surface area contributed by atoms with Crippen LogP contribution in [0.2, 0.25) is 5.02 Å². The summed E-state index contributed by atoms with van der Waals surface area (Å²) in [6.07, 6.45) is 5.32. The van der Waals surface area contributed by atoms with Gasteiger partial charge in [-0.25, -0.2) is 9.97 Å². The normalized spacial score (nSPS) is 14.8. The van der Waals surface area contributed by atoms with Crippen molar-refractivity contribution in [3.8, 4) is 17.1 Å². The van der Waals surface area contributed by atoms with Gasteiger partial charge in [-0.2, -0.15) is 0 Å². The average Bonchev–Trinajstić information content (AvgIpc) is 3.55. The predicted molar refractivity (Wildman–Crippen MR) is 135 cm³/mol. The number of nitrogens with one attached hydrogen (secondary N) is 3. The number of hydrogen-bond acceptors (Lipinski definition) is 7. The highest BCUT2D eigenvalue weighted by molar-refractivity contribution is 6.34. The number of imidazole rings is 1. The molecular weight excluding hydrogens is 468 g/mol. The number of amides is 1. The van der Waals surface area contributed by atoms with Crippen LogP contribution >= 0.6 is 11.6 Å². The molecule has 4 aromatic rings. The van der Waals surface area contributed by atoms with E-state index in [-0.39, 0.29) is 12.5 Å². The Morgan fingerprint density at radius 2 is 2.06 bits per heavy atom. The average molecular weight is 495 g/mol. The number of benzene rings is 1. The Morgan fingerprint density at radius 3 is 2.80 bits per heavy atom. The first-order valence-corrected chi connectivity index (χ1v) is 11.9. The van der Waals surface area contributed by atoms with Gasteiger partial charge in [0.25, 0.3) is 5.91 Å². The van der Waals surface area contributed by atoms with Crippen molar-refractivity contribution in [2.75, 3.05) is 32.1 Å². The third-order valence-electron chi connectivity index (χ3n) is 6.07. The lowest BCUT2D eigenvalue weighted by atomic mass is 10.1. The van der Waals surface area contributed by atoms with Crippen molar-refractivity contribution >= 4 is 34.4 Å². The Bertz CT molecular complexity index is 1280. The number of halogens is 1. The molecule has 5 rings (SSSR count). The molecule has 0 saturated carbocycles. The number of H-pyrrole nitrogens is 1. The largest absolute Gasteiger partial charge is 0.484 e. The van der Waals surface area contributed by atoms with E-state index in [9.17, 15) is 4.79 Å². The number of anilines is 1. The van der Waals surface area contributed by atoms with Gasteiger partial charge in [-0.15, -0.1) is 0 Å². The van der Waals surface area contributed by atoms with Gasteiger partial charge in [0.15, 0.2) is 12.3 Å². The van der Waals surface area contributed by atoms with Gasteiger partial charge < -0.3 is 29.7 Å². The third-order valence-corrected chi connectivity index (χ3v) is 6.36. The van der Waals surface area contributed by atoms with Crippen LogP contribution < -0.4 is 15.4 Å². The monoisotopic (exact) mass is 494 g/mol. The number of rotatable bonds is 8. The summed E-state index contributed by atoms with van der Waals surface area (Å²) >= 11 is 6.50. The molecule has 0 bridgehead atoms. The van der Waals surface area contributed by atoms with Crippen molar-refractivity contribution in [1.29, 1.82) is 0 Å². The molecule has 10 heteroatoms. The second kappa shape index (κ2) is 10.4. The number of furan rings is 1. The number of aromatic nitrogens is 3. The quantitative estimate of drug-likeness (QED) is 0.339. The van der Waals surface area contributed by atoms with Crippen LogP contribution in [-0.4, -0.2) is 58.5 Å². The van der Waals surface area contributed by atoms with E-state index < -0.39 is 0 Å². The lowest BCUT2D eigenvalue weighted by Crippen LogP contribution is -2.36. The van der Waals surface area contributed by atoms with Gasteiger partial charge in [0.05, 0.1) is 29.7 Å². The fraction of sp³-hybridized carbons (Fsp3) is 0.320. The number of carbonyl (C=O) groups excluding carboxylic acids is 1. The lowest BCUT2D eigenvalue weighted by molar-refractivity contribution is -0.123. The molecule has 0 aliphatic carbocycles. The molecule has 9 nitrogen and oxygen atoms in total. The van der Waals surface area contributed by atoms with E-state index in [0.717, 1.165) is 42.7 Å². The summed E-state index contributed by atoms with van der Waals surface area (Å²) < 4.78 is 10.8. The standard InChI is InChI=1S/C25H27ClN6O3/c1-32-10-8-17(9-11-32)29-22-20(26)14-28-25-23(22)30-24(31-25)16-4-6-18(7-5-16)35-15-21(33)27-13-19-3-2-12-34-19/h2-7,12,14,17H,8-11,13,15H2,1H3,(H,27,33)(H2,28,29,30,31). The number of nitrogens with zero attached hydrogens (tertiary/aromatic N) is 3. The first-order chi connectivity index (χ1) is 17.0. The maximum Gasteiger partial charge on any atom is 0.258 e. The molecule has 1 fully saturated rings. The van der Waals surface area contributed by atoms with Crippen LogP contribution in [0.5, 0.6) is 5.75 Å². The van der Waals surface area contributed by atoms with Crippen molar-refractivity contribution < 1.29 is 13.9 Å². The summed E-state index contributed by atoms with van der Waals surface area (Å²) in [6, 6.07) is 11.3. The van der Waals surface area contributed by atoms with Crippen LogP contribution in [0.3, 0.4) is 0 Å². The Kier molecular flexibility index (Phi) is 6.87. The first kappa shape index (κ1) is 23.2. The van der Waals surface area contributed by atoms with Gasteiger partial charge in [0.1, 0.15) is 22.9 Å². The third kappa shape index (κ3) is 5.58. The van der Waals surface area contributed by atoms with Crippen LogP contribution in [0, 0.1) is 0 Å². The Labute approximate surface area is 207 Å². The highest BCUT2D eigenvalue weighted by Gasteiger charge is 2.20. The maximum absolute atomic E-state index is 12.0. The number of pyridine rings is 1. The second-order valence-electron chi connectivity index (χ2n) is 8.65. The zero-order valence-corrected chi connectivity index (χ0v) is 20.1. The van der Waals surface area contributed by atoms with E-state index in [1.54, 1.807) is 36.7 Å². The Balaban J connectivity index is 1.24. The lowest BCUT2D eigenvalue weighted by Gasteiger charge is -2.30. The number of ether oxygens (including phenoxy) is 1. The molecule has 0 atom stereocenters. The predicted octanol–water partition coefficient (Wildman–Crippen LogP) is 4.07. The van der Waals surface area contributed by atoms with Gasteiger partial charge in [0.2, 0.25) is 0 Å². The van der Waals surface area contributed by atoms with Crippen molar-refractivity contribution in [2.24, 2.45) is 0 Å². The summed E-state index contributed by atoms with van der Waals surface area (Å²) in [7, 11) is 2.14. The van der Waals surface area contributed by atoms with Crippen LogP contribution in [0.1, 0.15) is 18.6 Å². The van der Waals surface area contributed by atoms with E-state index in [4.69, 9.17) is 25.7 Å². The van der Waals surface area contributed by atoms with Crippen LogP contribution in [0.25, 0.3) is 22.6 Å². The minimum Gasteiger partial charge on any atom is -0.484 e. The molecule has 1 aliphatic rings. The molecular formula is C25H27ClN6O3. The van der Waals surface area contributed by atoms with E-state index in [0.29, 0.717) is 40.6 Å². The second-order valence-corrected chi connectivity index (χ2v) is 9.06. The minimum absolute atomic E-state index is 0.0842.